The van der Waals surface area contributed by atoms with Crippen LogP contribution in [-0.4, -0.2) is 29.8 Å². The molecule has 1 unspecified atom stereocenters. The molecule has 0 saturated heterocycles. The van der Waals surface area contributed by atoms with E-state index in [2.05, 4.69) is 0 Å². The lowest BCUT2D eigenvalue weighted by Crippen LogP contribution is -2.48. The van der Waals surface area contributed by atoms with E-state index in [0.717, 1.165) is 37.1 Å². The van der Waals surface area contributed by atoms with Crippen LogP contribution in [-0.2, 0) is 4.79 Å². The quantitative estimate of drug-likeness (QED) is 0.701. The van der Waals surface area contributed by atoms with Crippen LogP contribution in [0, 0.1) is 23.2 Å². The van der Waals surface area contributed by atoms with Crippen molar-refractivity contribution >= 4 is 17.5 Å². The van der Waals surface area contributed by atoms with E-state index in [0.29, 0.717) is 11.3 Å². The van der Waals surface area contributed by atoms with Crippen LogP contribution in [0.15, 0.2) is 0 Å². The van der Waals surface area contributed by atoms with Gasteiger partial charge in [-0.15, -0.1) is 11.6 Å². The molecule has 0 aromatic heterocycles. The number of halogens is 1. The molecule has 2 nitrogen and oxygen atoms in total. The van der Waals surface area contributed by atoms with Gasteiger partial charge in [0.05, 0.1) is 0 Å². The fourth-order valence-electron chi connectivity index (χ4n) is 5.46. The molecule has 4 saturated carbocycles. The second-order valence-corrected chi connectivity index (χ2v) is 8.72. The maximum atomic E-state index is 12.5. The van der Waals surface area contributed by atoms with Crippen LogP contribution >= 0.6 is 11.6 Å². The molecule has 0 spiro atoms. The molecule has 1 atom stereocenters. The lowest BCUT2D eigenvalue weighted by molar-refractivity contribution is -0.138. The van der Waals surface area contributed by atoms with E-state index < -0.39 is 0 Å². The third-order valence-corrected chi connectivity index (χ3v) is 6.20. The van der Waals surface area contributed by atoms with Crippen LogP contribution in [0.2, 0.25) is 0 Å². The summed E-state index contributed by atoms with van der Waals surface area (Å²) in [4.78, 5) is 14.4. The fourth-order valence-corrected chi connectivity index (χ4v) is 5.56. The number of carbonyl (C=O) groups is 1. The summed E-state index contributed by atoms with van der Waals surface area (Å²) in [5.41, 5.74) is 0.368. The minimum absolute atomic E-state index is 0.157. The zero-order valence-electron chi connectivity index (χ0n) is 12.9. The van der Waals surface area contributed by atoms with E-state index in [1.165, 1.54) is 38.5 Å². The maximum absolute atomic E-state index is 12.5. The molecule has 4 fully saturated rings. The summed E-state index contributed by atoms with van der Waals surface area (Å²) in [7, 11) is 1.95. The average molecular weight is 298 g/mol. The van der Waals surface area contributed by atoms with Crippen LogP contribution < -0.4 is 0 Å². The van der Waals surface area contributed by atoms with Gasteiger partial charge in [0.25, 0.3) is 0 Å². The van der Waals surface area contributed by atoms with Gasteiger partial charge in [-0.2, -0.15) is 0 Å². The highest BCUT2D eigenvalue weighted by molar-refractivity contribution is 6.20. The molecule has 1 amide bonds. The van der Waals surface area contributed by atoms with Crippen molar-refractivity contribution in [2.75, 3.05) is 13.6 Å². The van der Waals surface area contributed by atoms with Crippen LogP contribution in [0.5, 0.6) is 0 Å². The van der Waals surface area contributed by atoms with Crippen molar-refractivity contribution in [3.05, 3.63) is 0 Å². The van der Waals surface area contributed by atoms with Crippen LogP contribution in [0.3, 0.4) is 0 Å². The van der Waals surface area contributed by atoms with E-state index in [9.17, 15) is 4.79 Å². The smallest absolute Gasteiger partial charge is 0.222 e. The molecule has 4 bridgehead atoms. The second-order valence-electron chi connectivity index (χ2n) is 7.98. The van der Waals surface area contributed by atoms with E-state index in [4.69, 9.17) is 11.6 Å². The number of alkyl halides is 1. The van der Waals surface area contributed by atoms with Crippen molar-refractivity contribution in [2.24, 2.45) is 23.2 Å². The number of rotatable bonds is 5. The Balaban J connectivity index is 1.58. The molecule has 4 aliphatic carbocycles. The second kappa shape index (κ2) is 5.51. The number of amides is 1. The zero-order chi connectivity index (χ0) is 14.3. The molecule has 0 aliphatic heterocycles. The molecule has 0 radical (unpaired) electrons. The molecule has 114 valence electrons. The molecule has 0 N–H and O–H groups in total. The maximum Gasteiger partial charge on any atom is 0.222 e. The number of carbonyl (C=O) groups excluding carboxylic acids is 1. The predicted molar refractivity (Wildman–Crippen MR) is 82.8 cm³/mol. The summed E-state index contributed by atoms with van der Waals surface area (Å²) in [5.74, 6) is 3.15. The van der Waals surface area contributed by atoms with Gasteiger partial charge >= 0.3 is 0 Å². The van der Waals surface area contributed by atoms with E-state index in [-0.39, 0.29) is 5.38 Å². The summed E-state index contributed by atoms with van der Waals surface area (Å²) in [6, 6.07) is 0. The zero-order valence-corrected chi connectivity index (χ0v) is 13.7. The predicted octanol–water partition coefficient (Wildman–Crippen LogP) is 4.07. The minimum atomic E-state index is 0.157. The van der Waals surface area contributed by atoms with Crippen molar-refractivity contribution in [3.8, 4) is 0 Å². The van der Waals surface area contributed by atoms with Crippen molar-refractivity contribution in [3.63, 3.8) is 0 Å². The number of hydrogen-bond donors (Lipinski definition) is 0. The van der Waals surface area contributed by atoms with E-state index >= 15 is 0 Å². The molecular formula is C17H28ClNO. The third-order valence-electron chi connectivity index (χ3n) is 5.98. The van der Waals surface area contributed by atoms with E-state index in [1.54, 1.807) is 0 Å². The van der Waals surface area contributed by atoms with Gasteiger partial charge in [-0.25, -0.2) is 0 Å². The third kappa shape index (κ3) is 3.00. The number of nitrogens with zero attached hydrogens (tertiary/aromatic N) is 1. The summed E-state index contributed by atoms with van der Waals surface area (Å²) in [5, 5.41) is 0.157. The van der Waals surface area contributed by atoms with Gasteiger partial charge in [-0.05, 0) is 75.0 Å². The van der Waals surface area contributed by atoms with E-state index in [1.807, 2.05) is 18.9 Å². The lowest BCUT2D eigenvalue weighted by Gasteiger charge is -2.56. The first-order chi connectivity index (χ1) is 9.46. The van der Waals surface area contributed by atoms with Gasteiger partial charge in [-0.3, -0.25) is 4.79 Å². The van der Waals surface area contributed by atoms with Gasteiger partial charge in [0, 0.05) is 25.4 Å². The Morgan fingerprint density at radius 3 is 2.15 bits per heavy atom. The Morgan fingerprint density at radius 2 is 1.70 bits per heavy atom. The lowest BCUT2D eigenvalue weighted by atomic mass is 9.49. The van der Waals surface area contributed by atoms with Gasteiger partial charge in [0.2, 0.25) is 5.91 Å². The SMILES string of the molecule is CC(Cl)CCN(C)C(=O)CC12CC3CC(CC(C3)C1)C2. The van der Waals surface area contributed by atoms with Gasteiger partial charge in [-0.1, -0.05) is 0 Å². The molecule has 3 heteroatoms. The molecule has 0 heterocycles. The Bertz CT molecular complexity index is 344. The molecule has 0 aromatic rings. The largest absolute Gasteiger partial charge is 0.346 e. The average Bonchev–Trinajstić information content (AvgIpc) is 2.33. The van der Waals surface area contributed by atoms with Gasteiger partial charge in [0.15, 0.2) is 0 Å². The van der Waals surface area contributed by atoms with Crippen LogP contribution in [0.1, 0.15) is 58.3 Å². The molecule has 4 aliphatic rings. The van der Waals surface area contributed by atoms with Crippen LogP contribution in [0.4, 0.5) is 0 Å². The normalized spacial score (nSPS) is 39.9. The Morgan fingerprint density at radius 1 is 1.20 bits per heavy atom. The minimum Gasteiger partial charge on any atom is -0.346 e. The van der Waals surface area contributed by atoms with Crippen molar-refractivity contribution < 1.29 is 4.79 Å². The van der Waals surface area contributed by atoms with Crippen molar-refractivity contribution in [2.45, 2.75) is 63.7 Å². The molecule has 0 aromatic carbocycles. The Hall–Kier alpha value is -0.240. The summed E-state index contributed by atoms with van der Waals surface area (Å²) >= 11 is 5.99. The first-order valence-electron chi connectivity index (χ1n) is 8.34. The summed E-state index contributed by atoms with van der Waals surface area (Å²) < 4.78 is 0. The molecular weight excluding hydrogens is 270 g/mol. The van der Waals surface area contributed by atoms with Crippen molar-refractivity contribution in [1.29, 1.82) is 0 Å². The summed E-state index contributed by atoms with van der Waals surface area (Å²) in [6.07, 6.45) is 10.0. The van der Waals surface area contributed by atoms with Crippen LogP contribution in [0.25, 0.3) is 0 Å². The first kappa shape index (κ1) is 14.7. The highest BCUT2D eigenvalue weighted by atomic mass is 35.5. The Kier molecular flexibility index (Phi) is 4.05. The highest BCUT2D eigenvalue weighted by Gasteiger charge is 2.51. The molecule has 20 heavy (non-hydrogen) atoms. The standard InChI is InChI=1S/C17H28ClNO/c1-12(18)3-4-19(2)16(20)11-17-8-13-5-14(9-17)7-15(6-13)10-17/h12-15H,3-11H2,1-2H3. The summed E-state index contributed by atoms with van der Waals surface area (Å²) in [6.45, 7) is 2.80. The fraction of sp³-hybridized carbons (Fsp3) is 0.941. The topological polar surface area (TPSA) is 20.3 Å². The van der Waals surface area contributed by atoms with Gasteiger partial charge < -0.3 is 4.90 Å². The van der Waals surface area contributed by atoms with Gasteiger partial charge in [0.1, 0.15) is 0 Å². The monoisotopic (exact) mass is 297 g/mol. The van der Waals surface area contributed by atoms with Crippen molar-refractivity contribution in [1.82, 2.24) is 4.90 Å². The highest BCUT2D eigenvalue weighted by Crippen LogP contribution is 2.61. The molecule has 4 rings (SSSR count). The first-order valence-corrected chi connectivity index (χ1v) is 8.77. The number of hydrogen-bond acceptors (Lipinski definition) is 1. The Labute approximate surface area is 128 Å².